The summed E-state index contributed by atoms with van der Waals surface area (Å²) in [6, 6.07) is 6.43. The molecule has 0 fully saturated rings. The highest BCUT2D eigenvalue weighted by Gasteiger charge is 2.18. The number of hydrogen-bond donors (Lipinski definition) is 1. The highest BCUT2D eigenvalue weighted by molar-refractivity contribution is 5.73. The number of fused-ring (bicyclic) bond motifs is 1. The number of anilines is 1. The van der Waals surface area contributed by atoms with Crippen molar-refractivity contribution >= 4 is 11.3 Å². The summed E-state index contributed by atoms with van der Waals surface area (Å²) in [6.45, 7) is 12.7. The van der Waals surface area contributed by atoms with E-state index in [4.69, 9.17) is 0 Å². The quantitative estimate of drug-likeness (QED) is 0.777. The summed E-state index contributed by atoms with van der Waals surface area (Å²) in [5.41, 5.74) is 6.29. The molecule has 1 nitrogen and oxygen atoms in total. The molecule has 0 spiro atoms. The zero-order valence-corrected chi connectivity index (χ0v) is 10.8. The Morgan fingerprint density at radius 3 is 2.88 bits per heavy atom. The van der Waals surface area contributed by atoms with Crippen molar-refractivity contribution in [1.29, 1.82) is 0 Å². The third kappa shape index (κ3) is 2.44. The minimum atomic E-state index is 0.641. The van der Waals surface area contributed by atoms with Gasteiger partial charge in [0.25, 0.3) is 0 Å². The summed E-state index contributed by atoms with van der Waals surface area (Å²) in [7, 11) is 0. The Bertz CT molecular complexity index is 457. The molecule has 1 aromatic rings. The smallest absolute Gasteiger partial charge is 0.0420 e. The average molecular weight is 227 g/mol. The van der Waals surface area contributed by atoms with Crippen molar-refractivity contribution in [1.82, 2.24) is 0 Å². The molecule has 0 aliphatic carbocycles. The minimum Gasteiger partial charge on any atom is -0.359 e. The van der Waals surface area contributed by atoms with Crippen LogP contribution in [0.2, 0.25) is 0 Å². The second kappa shape index (κ2) is 4.79. The van der Waals surface area contributed by atoms with Gasteiger partial charge in [0.05, 0.1) is 0 Å². The topological polar surface area (TPSA) is 12.0 Å². The number of benzene rings is 1. The molecule has 0 saturated heterocycles. The number of hydrogen-bond acceptors (Lipinski definition) is 1. The summed E-state index contributed by atoms with van der Waals surface area (Å²) in [5.74, 6) is 0.641. The fourth-order valence-electron chi connectivity index (χ4n) is 2.53. The van der Waals surface area contributed by atoms with Crippen LogP contribution in [0.1, 0.15) is 37.8 Å². The molecule has 1 atom stereocenters. The molecule has 17 heavy (non-hydrogen) atoms. The highest BCUT2D eigenvalue weighted by Crippen LogP contribution is 2.33. The van der Waals surface area contributed by atoms with Crippen molar-refractivity contribution in [3.63, 3.8) is 0 Å². The fraction of sp³-hybridized carbons (Fsp3) is 0.375. The fourth-order valence-corrected chi connectivity index (χ4v) is 2.53. The molecule has 2 rings (SSSR count). The Hall–Kier alpha value is -1.50. The van der Waals surface area contributed by atoms with Crippen LogP contribution in [0.4, 0.5) is 5.69 Å². The van der Waals surface area contributed by atoms with Gasteiger partial charge in [0.1, 0.15) is 0 Å². The molecule has 1 unspecified atom stereocenters. The lowest BCUT2D eigenvalue weighted by Gasteiger charge is -2.15. The lowest BCUT2D eigenvalue weighted by molar-refractivity contribution is 0.585. The standard InChI is InChI=1S/C16H21N/c1-5-12(3)14-7-6-8-16-15(14)10-11(2)9-13(4)17-16/h6-8,11,17H,3-5,9-10H2,1-2H3. The normalized spacial score (nSPS) is 19.2. The molecule has 0 saturated carbocycles. The number of nitrogens with one attached hydrogen (secondary N) is 1. The Morgan fingerprint density at radius 2 is 2.18 bits per heavy atom. The van der Waals surface area contributed by atoms with E-state index < -0.39 is 0 Å². The molecule has 1 N–H and O–H groups in total. The van der Waals surface area contributed by atoms with Gasteiger partial charge in [-0.05, 0) is 47.9 Å². The van der Waals surface area contributed by atoms with Crippen LogP contribution in [0, 0.1) is 5.92 Å². The first kappa shape index (κ1) is 12.0. The maximum atomic E-state index is 4.18. The SMILES string of the molecule is C=C1CC(C)Cc2c(cccc2C(=C)CC)N1. The molecule has 1 aliphatic heterocycles. The van der Waals surface area contributed by atoms with Crippen LogP contribution in [0.25, 0.3) is 5.57 Å². The first-order chi connectivity index (χ1) is 8.11. The van der Waals surface area contributed by atoms with Gasteiger partial charge in [-0.1, -0.05) is 39.1 Å². The van der Waals surface area contributed by atoms with Crippen molar-refractivity contribution in [2.24, 2.45) is 5.92 Å². The van der Waals surface area contributed by atoms with Gasteiger partial charge in [0.15, 0.2) is 0 Å². The zero-order chi connectivity index (χ0) is 12.4. The summed E-state index contributed by atoms with van der Waals surface area (Å²) in [4.78, 5) is 0. The number of rotatable bonds is 2. The van der Waals surface area contributed by atoms with E-state index in [1.54, 1.807) is 0 Å². The van der Waals surface area contributed by atoms with Crippen LogP contribution < -0.4 is 5.32 Å². The molecule has 1 heterocycles. The van der Waals surface area contributed by atoms with Crippen molar-refractivity contribution in [2.75, 3.05) is 5.32 Å². The third-order valence-corrected chi connectivity index (χ3v) is 3.44. The Balaban J connectivity index is 2.49. The van der Waals surface area contributed by atoms with E-state index in [1.807, 2.05) is 0 Å². The summed E-state index contributed by atoms with van der Waals surface area (Å²) < 4.78 is 0. The van der Waals surface area contributed by atoms with Gasteiger partial charge >= 0.3 is 0 Å². The lowest BCUT2D eigenvalue weighted by Crippen LogP contribution is -2.00. The summed E-state index contributed by atoms with van der Waals surface area (Å²) in [5, 5.41) is 3.44. The predicted octanol–water partition coefficient (Wildman–Crippen LogP) is 4.62. The van der Waals surface area contributed by atoms with E-state index in [0.717, 1.165) is 25.0 Å². The second-order valence-corrected chi connectivity index (χ2v) is 5.03. The molecule has 0 amide bonds. The molecule has 1 aliphatic rings. The van der Waals surface area contributed by atoms with Gasteiger partial charge in [-0.3, -0.25) is 0 Å². The molecule has 0 bridgehead atoms. The van der Waals surface area contributed by atoms with Crippen LogP contribution in [0.3, 0.4) is 0 Å². The first-order valence-corrected chi connectivity index (χ1v) is 6.36. The van der Waals surface area contributed by atoms with Gasteiger partial charge in [-0.2, -0.15) is 0 Å². The van der Waals surface area contributed by atoms with Crippen molar-refractivity contribution in [3.8, 4) is 0 Å². The monoisotopic (exact) mass is 227 g/mol. The highest BCUT2D eigenvalue weighted by atomic mass is 14.9. The summed E-state index contributed by atoms with van der Waals surface area (Å²) in [6.07, 6.45) is 3.16. The van der Waals surface area contributed by atoms with E-state index in [0.29, 0.717) is 5.92 Å². The molecule has 1 aromatic carbocycles. The minimum absolute atomic E-state index is 0.641. The summed E-state index contributed by atoms with van der Waals surface area (Å²) >= 11 is 0. The predicted molar refractivity (Wildman–Crippen MR) is 76.0 cm³/mol. The molecular weight excluding hydrogens is 206 g/mol. The van der Waals surface area contributed by atoms with E-state index in [2.05, 4.69) is 50.5 Å². The Kier molecular flexibility index (Phi) is 3.37. The first-order valence-electron chi connectivity index (χ1n) is 6.36. The van der Waals surface area contributed by atoms with E-state index in [1.165, 1.54) is 22.4 Å². The average Bonchev–Trinajstić information content (AvgIpc) is 2.43. The van der Waals surface area contributed by atoms with Gasteiger partial charge < -0.3 is 5.32 Å². The van der Waals surface area contributed by atoms with E-state index in [9.17, 15) is 0 Å². The molecule has 0 aromatic heterocycles. The van der Waals surface area contributed by atoms with Crippen LogP contribution in [0.5, 0.6) is 0 Å². The molecular formula is C16H21N. The maximum Gasteiger partial charge on any atom is 0.0420 e. The Morgan fingerprint density at radius 1 is 1.41 bits per heavy atom. The van der Waals surface area contributed by atoms with E-state index >= 15 is 0 Å². The van der Waals surface area contributed by atoms with Gasteiger partial charge in [-0.25, -0.2) is 0 Å². The van der Waals surface area contributed by atoms with Crippen molar-refractivity contribution in [2.45, 2.75) is 33.1 Å². The van der Waals surface area contributed by atoms with Crippen molar-refractivity contribution in [3.05, 3.63) is 48.2 Å². The lowest BCUT2D eigenvalue weighted by atomic mass is 9.91. The van der Waals surface area contributed by atoms with Gasteiger partial charge in [-0.15, -0.1) is 0 Å². The third-order valence-electron chi connectivity index (χ3n) is 3.44. The molecule has 0 radical (unpaired) electrons. The molecule has 1 heteroatoms. The number of allylic oxidation sites excluding steroid dienone is 2. The Labute approximate surface area is 104 Å². The zero-order valence-electron chi connectivity index (χ0n) is 10.8. The van der Waals surface area contributed by atoms with E-state index in [-0.39, 0.29) is 0 Å². The van der Waals surface area contributed by atoms with Crippen LogP contribution in [0.15, 0.2) is 37.1 Å². The molecule has 90 valence electrons. The maximum absolute atomic E-state index is 4.18. The van der Waals surface area contributed by atoms with Gasteiger partial charge in [0.2, 0.25) is 0 Å². The largest absolute Gasteiger partial charge is 0.359 e. The van der Waals surface area contributed by atoms with Crippen LogP contribution >= 0.6 is 0 Å². The second-order valence-electron chi connectivity index (χ2n) is 5.03. The van der Waals surface area contributed by atoms with Crippen LogP contribution in [-0.4, -0.2) is 0 Å². The van der Waals surface area contributed by atoms with Crippen molar-refractivity contribution < 1.29 is 0 Å². The van der Waals surface area contributed by atoms with Gasteiger partial charge in [0, 0.05) is 11.4 Å². The van der Waals surface area contributed by atoms with Crippen LogP contribution in [-0.2, 0) is 6.42 Å².